The van der Waals surface area contributed by atoms with E-state index in [-0.39, 0.29) is 0 Å². The molecule has 2 nitrogen and oxygen atoms in total. The normalized spacial score (nSPS) is 19.2. The highest BCUT2D eigenvalue weighted by molar-refractivity contribution is 7.09. The number of hydrogen-bond donors (Lipinski definition) is 0. The number of hydrogen-bond acceptors (Lipinski definition) is 3. The molecule has 2 rings (SSSR count). The molecule has 1 aromatic heterocycles. The molecule has 0 radical (unpaired) electrons. The average Bonchev–Trinajstić information content (AvgIpc) is 2.67. The fourth-order valence-corrected chi connectivity index (χ4v) is 2.54. The number of ether oxygens (including phenoxy) is 1. The van der Waals surface area contributed by atoms with E-state index >= 15 is 0 Å². The molecule has 0 bridgehead atoms. The van der Waals surface area contributed by atoms with Crippen molar-refractivity contribution in [1.82, 2.24) is 4.98 Å². The minimum Gasteiger partial charge on any atom is -0.381 e. The maximum Gasteiger partial charge on any atom is 0.108 e. The number of rotatable bonds is 2. The van der Waals surface area contributed by atoms with Crippen molar-refractivity contribution in [2.45, 2.75) is 24.6 Å². The first-order chi connectivity index (χ1) is 6.40. The zero-order valence-corrected chi connectivity index (χ0v) is 8.90. The Morgan fingerprint density at radius 3 is 2.92 bits per heavy atom. The quantitative estimate of drug-likeness (QED) is 0.711. The standard InChI is InChI=1S/C9H12ClNOS/c10-5-9-11-8(6-13-9)7-1-3-12-4-2-7/h6-7H,1-5H2. The van der Waals surface area contributed by atoms with E-state index in [1.165, 1.54) is 5.69 Å². The highest BCUT2D eigenvalue weighted by Gasteiger charge is 2.18. The van der Waals surface area contributed by atoms with E-state index in [0.29, 0.717) is 11.8 Å². The van der Waals surface area contributed by atoms with E-state index in [2.05, 4.69) is 10.4 Å². The summed E-state index contributed by atoms with van der Waals surface area (Å²) in [5.74, 6) is 1.13. The van der Waals surface area contributed by atoms with Crippen LogP contribution in [0.2, 0.25) is 0 Å². The third kappa shape index (κ3) is 2.22. The molecule has 0 N–H and O–H groups in total. The van der Waals surface area contributed by atoms with Crippen LogP contribution in [0, 0.1) is 0 Å². The monoisotopic (exact) mass is 217 g/mol. The van der Waals surface area contributed by atoms with Crippen LogP contribution in [-0.4, -0.2) is 18.2 Å². The first kappa shape index (κ1) is 9.44. The first-order valence-corrected chi connectivity index (χ1v) is 5.89. The Bertz CT molecular complexity index is 270. The molecule has 13 heavy (non-hydrogen) atoms. The van der Waals surface area contributed by atoms with E-state index in [4.69, 9.17) is 16.3 Å². The lowest BCUT2D eigenvalue weighted by atomic mass is 9.98. The predicted octanol–water partition coefficient (Wildman–Crippen LogP) is 2.78. The molecule has 0 saturated carbocycles. The van der Waals surface area contributed by atoms with Crippen LogP contribution in [0.4, 0.5) is 0 Å². The van der Waals surface area contributed by atoms with Crippen LogP contribution in [0.25, 0.3) is 0 Å². The van der Waals surface area contributed by atoms with Crippen molar-refractivity contribution in [2.24, 2.45) is 0 Å². The van der Waals surface area contributed by atoms with E-state index < -0.39 is 0 Å². The van der Waals surface area contributed by atoms with Gasteiger partial charge in [-0.25, -0.2) is 4.98 Å². The van der Waals surface area contributed by atoms with Gasteiger partial charge in [0.1, 0.15) is 5.01 Å². The Labute approximate surface area is 86.9 Å². The molecule has 1 aromatic rings. The van der Waals surface area contributed by atoms with Crippen LogP contribution in [0.3, 0.4) is 0 Å². The van der Waals surface area contributed by atoms with Crippen LogP contribution in [0.5, 0.6) is 0 Å². The van der Waals surface area contributed by atoms with Gasteiger partial charge in [-0.2, -0.15) is 0 Å². The maximum absolute atomic E-state index is 5.70. The fourth-order valence-electron chi connectivity index (χ4n) is 1.57. The van der Waals surface area contributed by atoms with E-state index in [0.717, 1.165) is 31.1 Å². The van der Waals surface area contributed by atoms with Gasteiger partial charge in [0.15, 0.2) is 0 Å². The second-order valence-corrected chi connectivity index (χ2v) is 4.40. The summed E-state index contributed by atoms with van der Waals surface area (Å²) in [6.07, 6.45) is 2.21. The van der Waals surface area contributed by atoms with Gasteiger partial charge in [-0.3, -0.25) is 0 Å². The molecule has 0 spiro atoms. The first-order valence-electron chi connectivity index (χ1n) is 4.48. The van der Waals surface area contributed by atoms with Crippen molar-refractivity contribution < 1.29 is 4.74 Å². The van der Waals surface area contributed by atoms with Crippen molar-refractivity contribution in [3.05, 3.63) is 16.1 Å². The lowest BCUT2D eigenvalue weighted by Crippen LogP contribution is -2.14. The van der Waals surface area contributed by atoms with Gasteiger partial charge in [0, 0.05) is 24.5 Å². The van der Waals surface area contributed by atoms with Crippen molar-refractivity contribution in [3.63, 3.8) is 0 Å². The van der Waals surface area contributed by atoms with Gasteiger partial charge in [-0.05, 0) is 12.8 Å². The average molecular weight is 218 g/mol. The summed E-state index contributed by atoms with van der Waals surface area (Å²) in [6, 6.07) is 0. The minimum absolute atomic E-state index is 0.536. The maximum atomic E-state index is 5.70. The molecule has 2 heterocycles. The molecule has 1 aliphatic heterocycles. The smallest absolute Gasteiger partial charge is 0.108 e. The van der Waals surface area contributed by atoms with Gasteiger partial charge in [0.25, 0.3) is 0 Å². The third-order valence-corrected chi connectivity index (χ3v) is 3.60. The van der Waals surface area contributed by atoms with Gasteiger partial charge in [-0.1, -0.05) is 0 Å². The second-order valence-electron chi connectivity index (χ2n) is 3.19. The summed E-state index contributed by atoms with van der Waals surface area (Å²) in [6.45, 7) is 1.75. The summed E-state index contributed by atoms with van der Waals surface area (Å²) in [5, 5.41) is 3.16. The van der Waals surface area contributed by atoms with Crippen molar-refractivity contribution in [2.75, 3.05) is 13.2 Å². The molecule has 0 unspecified atom stereocenters. The molecule has 1 saturated heterocycles. The van der Waals surface area contributed by atoms with Crippen LogP contribution >= 0.6 is 22.9 Å². The van der Waals surface area contributed by atoms with Crippen LogP contribution in [-0.2, 0) is 10.6 Å². The Morgan fingerprint density at radius 1 is 1.54 bits per heavy atom. The molecular weight excluding hydrogens is 206 g/mol. The summed E-state index contributed by atoms with van der Waals surface area (Å²) < 4.78 is 5.30. The van der Waals surface area contributed by atoms with E-state index in [1.807, 2.05) is 0 Å². The molecule has 72 valence electrons. The van der Waals surface area contributed by atoms with E-state index in [1.54, 1.807) is 11.3 Å². The summed E-state index contributed by atoms with van der Waals surface area (Å²) in [7, 11) is 0. The highest BCUT2D eigenvalue weighted by atomic mass is 35.5. The van der Waals surface area contributed by atoms with Crippen LogP contribution in [0.15, 0.2) is 5.38 Å². The minimum atomic E-state index is 0.536. The molecule has 1 aliphatic rings. The molecular formula is C9H12ClNOS. The molecule has 0 amide bonds. The number of thiazole rings is 1. The van der Waals surface area contributed by atoms with Crippen molar-refractivity contribution in [3.8, 4) is 0 Å². The van der Waals surface area contributed by atoms with Crippen molar-refractivity contribution in [1.29, 1.82) is 0 Å². The second kappa shape index (κ2) is 4.40. The summed E-state index contributed by atoms with van der Waals surface area (Å²) in [4.78, 5) is 4.48. The molecule has 4 heteroatoms. The molecule has 1 fully saturated rings. The van der Waals surface area contributed by atoms with Crippen molar-refractivity contribution >= 4 is 22.9 Å². The zero-order chi connectivity index (χ0) is 9.10. The van der Waals surface area contributed by atoms with Crippen LogP contribution in [0.1, 0.15) is 29.5 Å². The van der Waals surface area contributed by atoms with Crippen LogP contribution < -0.4 is 0 Å². The lowest BCUT2D eigenvalue weighted by Gasteiger charge is -2.19. The Hall–Kier alpha value is -0.120. The lowest BCUT2D eigenvalue weighted by molar-refractivity contribution is 0.0846. The Balaban J connectivity index is 2.05. The third-order valence-electron chi connectivity index (χ3n) is 2.32. The van der Waals surface area contributed by atoms with Gasteiger partial charge >= 0.3 is 0 Å². The summed E-state index contributed by atoms with van der Waals surface area (Å²) >= 11 is 7.36. The molecule has 0 aliphatic carbocycles. The molecule has 0 aromatic carbocycles. The predicted molar refractivity (Wildman–Crippen MR) is 54.5 cm³/mol. The topological polar surface area (TPSA) is 22.1 Å². The largest absolute Gasteiger partial charge is 0.381 e. The van der Waals surface area contributed by atoms with E-state index in [9.17, 15) is 0 Å². The summed E-state index contributed by atoms with van der Waals surface area (Å²) in [5.41, 5.74) is 1.21. The van der Waals surface area contributed by atoms with Gasteiger partial charge in [0.05, 0.1) is 11.6 Å². The number of alkyl halides is 1. The SMILES string of the molecule is ClCc1nc(C2CCOCC2)cs1. The molecule has 0 atom stereocenters. The Morgan fingerprint density at radius 2 is 2.31 bits per heavy atom. The van der Waals surface area contributed by atoms with Gasteiger partial charge in [0.2, 0.25) is 0 Å². The Kier molecular flexibility index (Phi) is 3.19. The number of nitrogens with zero attached hydrogens (tertiary/aromatic N) is 1. The van der Waals surface area contributed by atoms with Gasteiger partial charge < -0.3 is 4.74 Å². The number of halogens is 1. The highest BCUT2D eigenvalue weighted by Crippen LogP contribution is 2.28. The zero-order valence-electron chi connectivity index (χ0n) is 7.33. The fraction of sp³-hybridized carbons (Fsp3) is 0.667. The number of aromatic nitrogens is 1. The van der Waals surface area contributed by atoms with Gasteiger partial charge in [-0.15, -0.1) is 22.9 Å².